The van der Waals surface area contributed by atoms with Crippen LogP contribution in [0.3, 0.4) is 0 Å². The minimum atomic E-state index is -0.125. The summed E-state index contributed by atoms with van der Waals surface area (Å²) >= 11 is 0. The van der Waals surface area contributed by atoms with Gasteiger partial charge in [0.15, 0.2) is 0 Å². The minimum Gasteiger partial charge on any atom is -0.312 e. The molecule has 0 atom stereocenters. The molecule has 0 amide bonds. The lowest BCUT2D eigenvalue weighted by atomic mass is 9.78. The molecular weight excluding hydrogens is 249 g/mol. The molecule has 1 aromatic carbocycles. The third-order valence-corrected chi connectivity index (χ3v) is 4.53. The third kappa shape index (κ3) is 4.05. The summed E-state index contributed by atoms with van der Waals surface area (Å²) in [6.45, 7) is 9.75. The summed E-state index contributed by atoms with van der Waals surface area (Å²) in [6, 6.07) is 5.24. The molecule has 0 heterocycles. The van der Waals surface area contributed by atoms with E-state index in [9.17, 15) is 4.39 Å². The van der Waals surface area contributed by atoms with E-state index in [1.807, 2.05) is 13.0 Å². The Labute approximate surface area is 123 Å². The van der Waals surface area contributed by atoms with Crippen LogP contribution in [0.1, 0.15) is 57.6 Å². The summed E-state index contributed by atoms with van der Waals surface area (Å²) in [5.74, 6) is -0.125. The van der Waals surface area contributed by atoms with Crippen molar-refractivity contribution in [3.05, 3.63) is 35.1 Å². The largest absolute Gasteiger partial charge is 0.312 e. The Morgan fingerprint density at radius 1 is 1.20 bits per heavy atom. The molecule has 2 rings (SSSR count). The highest BCUT2D eigenvalue weighted by Gasteiger charge is 2.35. The van der Waals surface area contributed by atoms with Gasteiger partial charge in [-0.05, 0) is 75.6 Å². The molecule has 0 bridgehead atoms. The molecule has 112 valence electrons. The highest BCUT2D eigenvalue weighted by atomic mass is 19.1. The maximum Gasteiger partial charge on any atom is 0.123 e. The van der Waals surface area contributed by atoms with Gasteiger partial charge in [0, 0.05) is 12.1 Å². The molecule has 0 spiro atoms. The van der Waals surface area contributed by atoms with Crippen molar-refractivity contribution in [3.63, 3.8) is 0 Å². The molecule has 1 aliphatic rings. The number of aryl methyl sites for hydroxylation is 1. The van der Waals surface area contributed by atoms with Gasteiger partial charge >= 0.3 is 0 Å². The summed E-state index contributed by atoms with van der Waals surface area (Å²) in [4.78, 5) is 0. The Morgan fingerprint density at radius 2 is 1.85 bits per heavy atom. The van der Waals surface area contributed by atoms with Crippen molar-refractivity contribution < 1.29 is 4.39 Å². The molecule has 0 aliphatic heterocycles. The SMILES string of the molecule is Cc1cc(F)ccc1CC1(CNC(C)(C)C)CCCC1. The maximum absolute atomic E-state index is 13.2. The van der Waals surface area contributed by atoms with Gasteiger partial charge in [0.1, 0.15) is 5.82 Å². The second-order valence-corrected chi connectivity index (χ2v) is 7.56. The van der Waals surface area contributed by atoms with Crippen molar-refractivity contribution in [2.75, 3.05) is 6.54 Å². The fraction of sp³-hybridized carbons (Fsp3) is 0.667. The predicted molar refractivity (Wildman–Crippen MR) is 83.5 cm³/mol. The molecule has 0 unspecified atom stereocenters. The fourth-order valence-corrected chi connectivity index (χ4v) is 3.26. The van der Waals surface area contributed by atoms with Crippen LogP contribution in [0.4, 0.5) is 4.39 Å². The molecule has 0 saturated heterocycles. The van der Waals surface area contributed by atoms with Gasteiger partial charge in [-0.3, -0.25) is 0 Å². The molecular formula is C18H28FN. The molecule has 1 aromatic rings. The van der Waals surface area contributed by atoms with E-state index in [1.54, 1.807) is 12.1 Å². The zero-order valence-electron chi connectivity index (χ0n) is 13.4. The summed E-state index contributed by atoms with van der Waals surface area (Å²) in [6.07, 6.45) is 6.29. The topological polar surface area (TPSA) is 12.0 Å². The van der Waals surface area contributed by atoms with Crippen LogP contribution in [-0.4, -0.2) is 12.1 Å². The molecule has 1 N–H and O–H groups in total. The molecule has 1 fully saturated rings. The minimum absolute atomic E-state index is 0.125. The first-order chi connectivity index (χ1) is 9.30. The molecule has 0 radical (unpaired) electrons. The Kier molecular flexibility index (Phi) is 4.53. The van der Waals surface area contributed by atoms with Gasteiger partial charge in [-0.15, -0.1) is 0 Å². The summed E-state index contributed by atoms with van der Waals surface area (Å²) in [5, 5.41) is 3.68. The van der Waals surface area contributed by atoms with Crippen LogP contribution in [-0.2, 0) is 6.42 Å². The summed E-state index contributed by atoms with van der Waals surface area (Å²) < 4.78 is 13.2. The van der Waals surface area contributed by atoms with E-state index in [0.717, 1.165) is 18.5 Å². The van der Waals surface area contributed by atoms with E-state index in [0.29, 0.717) is 5.41 Å². The fourth-order valence-electron chi connectivity index (χ4n) is 3.26. The van der Waals surface area contributed by atoms with Crippen molar-refractivity contribution in [2.24, 2.45) is 5.41 Å². The molecule has 1 nitrogen and oxygen atoms in total. The Hall–Kier alpha value is -0.890. The monoisotopic (exact) mass is 277 g/mol. The van der Waals surface area contributed by atoms with E-state index in [4.69, 9.17) is 0 Å². The second-order valence-electron chi connectivity index (χ2n) is 7.56. The van der Waals surface area contributed by atoms with Gasteiger partial charge in [0.2, 0.25) is 0 Å². The molecule has 2 heteroatoms. The summed E-state index contributed by atoms with van der Waals surface area (Å²) in [7, 11) is 0. The second kappa shape index (κ2) is 5.85. The smallest absolute Gasteiger partial charge is 0.123 e. The highest BCUT2D eigenvalue weighted by Crippen LogP contribution is 2.41. The van der Waals surface area contributed by atoms with E-state index < -0.39 is 0 Å². The average molecular weight is 277 g/mol. The Balaban J connectivity index is 2.12. The standard InChI is InChI=1S/C18H28FN/c1-14-11-16(19)8-7-15(14)12-18(9-5-6-10-18)13-20-17(2,3)4/h7-8,11,20H,5-6,9-10,12-13H2,1-4H3. The quantitative estimate of drug-likeness (QED) is 0.846. The number of hydrogen-bond donors (Lipinski definition) is 1. The number of halogens is 1. The molecule has 0 aromatic heterocycles. The number of hydrogen-bond acceptors (Lipinski definition) is 1. The van der Waals surface area contributed by atoms with Crippen molar-refractivity contribution in [3.8, 4) is 0 Å². The first kappa shape index (κ1) is 15.5. The maximum atomic E-state index is 13.2. The lowest BCUT2D eigenvalue weighted by Gasteiger charge is -2.34. The molecule has 20 heavy (non-hydrogen) atoms. The van der Waals surface area contributed by atoms with Crippen molar-refractivity contribution >= 4 is 0 Å². The first-order valence-electron chi connectivity index (χ1n) is 7.80. The van der Waals surface area contributed by atoms with Gasteiger partial charge in [0.25, 0.3) is 0 Å². The molecule has 1 saturated carbocycles. The zero-order chi connectivity index (χ0) is 14.8. The predicted octanol–water partition coefficient (Wildman–Crippen LogP) is 4.63. The lowest BCUT2D eigenvalue weighted by molar-refractivity contribution is 0.244. The van der Waals surface area contributed by atoms with E-state index in [-0.39, 0.29) is 11.4 Å². The van der Waals surface area contributed by atoms with Crippen molar-refractivity contribution in [1.29, 1.82) is 0 Å². The highest BCUT2D eigenvalue weighted by molar-refractivity contribution is 5.28. The molecule has 1 aliphatic carbocycles. The van der Waals surface area contributed by atoms with Crippen LogP contribution < -0.4 is 5.32 Å². The van der Waals surface area contributed by atoms with E-state index in [2.05, 4.69) is 26.1 Å². The zero-order valence-corrected chi connectivity index (χ0v) is 13.4. The first-order valence-corrected chi connectivity index (χ1v) is 7.80. The van der Waals surface area contributed by atoms with Crippen LogP contribution >= 0.6 is 0 Å². The number of nitrogens with one attached hydrogen (secondary N) is 1. The number of benzene rings is 1. The summed E-state index contributed by atoms with van der Waals surface area (Å²) in [5.41, 5.74) is 2.92. The van der Waals surface area contributed by atoms with Crippen LogP contribution in [0.15, 0.2) is 18.2 Å². The van der Waals surface area contributed by atoms with E-state index >= 15 is 0 Å². The normalized spacial score (nSPS) is 18.4. The number of rotatable bonds is 4. The van der Waals surface area contributed by atoms with Gasteiger partial charge in [-0.25, -0.2) is 4.39 Å². The van der Waals surface area contributed by atoms with Crippen molar-refractivity contribution in [2.45, 2.75) is 65.3 Å². The van der Waals surface area contributed by atoms with Gasteiger partial charge < -0.3 is 5.32 Å². The third-order valence-electron chi connectivity index (χ3n) is 4.53. The lowest BCUT2D eigenvalue weighted by Crippen LogP contribution is -2.44. The van der Waals surface area contributed by atoms with Crippen LogP contribution in [0.5, 0.6) is 0 Å². The van der Waals surface area contributed by atoms with Crippen LogP contribution in [0.25, 0.3) is 0 Å². The van der Waals surface area contributed by atoms with Gasteiger partial charge in [0.05, 0.1) is 0 Å². The van der Waals surface area contributed by atoms with Crippen molar-refractivity contribution in [1.82, 2.24) is 5.32 Å². The van der Waals surface area contributed by atoms with Crippen LogP contribution in [0, 0.1) is 18.2 Å². The van der Waals surface area contributed by atoms with Gasteiger partial charge in [-0.1, -0.05) is 18.9 Å². The Morgan fingerprint density at radius 3 is 2.40 bits per heavy atom. The van der Waals surface area contributed by atoms with E-state index in [1.165, 1.54) is 31.2 Å². The van der Waals surface area contributed by atoms with Gasteiger partial charge in [-0.2, -0.15) is 0 Å². The average Bonchev–Trinajstić information content (AvgIpc) is 2.79. The van der Waals surface area contributed by atoms with Crippen LogP contribution in [0.2, 0.25) is 0 Å². The Bertz CT molecular complexity index is 453.